The summed E-state index contributed by atoms with van der Waals surface area (Å²) in [6, 6.07) is 5.96. The molecule has 1 aliphatic rings. The van der Waals surface area contributed by atoms with Crippen LogP contribution in [0.5, 0.6) is 0 Å². The number of rotatable bonds is 5. The van der Waals surface area contributed by atoms with E-state index in [4.69, 9.17) is 5.11 Å². The van der Waals surface area contributed by atoms with E-state index in [2.05, 4.69) is 5.32 Å². The zero-order chi connectivity index (χ0) is 15.8. The van der Waals surface area contributed by atoms with Crippen LogP contribution in [0.3, 0.4) is 0 Å². The second kappa shape index (κ2) is 5.16. The molecule has 0 aliphatic heterocycles. The van der Waals surface area contributed by atoms with Crippen molar-refractivity contribution in [3.63, 3.8) is 0 Å². The third-order valence-corrected chi connectivity index (χ3v) is 3.96. The van der Waals surface area contributed by atoms with Gasteiger partial charge in [0, 0.05) is 18.7 Å². The topological polar surface area (TPSA) is 110 Å². The van der Waals surface area contributed by atoms with Gasteiger partial charge in [0.15, 0.2) is 0 Å². The van der Waals surface area contributed by atoms with Gasteiger partial charge in [0.05, 0.1) is 16.8 Å². The van der Waals surface area contributed by atoms with E-state index >= 15 is 0 Å². The number of non-ortho nitro benzene ring substituents is 1. The monoisotopic (exact) mass is 292 g/mol. The van der Waals surface area contributed by atoms with Crippen molar-refractivity contribution in [2.75, 3.05) is 0 Å². The number of carboxylic acids is 1. The molecule has 2 N–H and O–H groups in total. The van der Waals surface area contributed by atoms with Crippen LogP contribution in [0.4, 0.5) is 5.69 Å². The first-order valence-electron chi connectivity index (χ1n) is 6.49. The Balaban J connectivity index is 1.98. The van der Waals surface area contributed by atoms with E-state index in [1.165, 1.54) is 12.1 Å². The standard InChI is InChI=1S/C14H16N2O5/c1-14(2)10(11(14)13(18)19)12(17)15-7-8-4-3-5-9(6-8)16(20)21/h3-6,10-11H,7H2,1-2H3,(H,15,17)(H,18,19)/t10-,11+/m1/s1. The van der Waals surface area contributed by atoms with Crippen molar-refractivity contribution in [2.24, 2.45) is 17.3 Å². The number of hydrogen-bond acceptors (Lipinski definition) is 4. The molecule has 1 aliphatic carbocycles. The Morgan fingerprint density at radius 2 is 2.05 bits per heavy atom. The van der Waals surface area contributed by atoms with Gasteiger partial charge in [0.1, 0.15) is 0 Å². The summed E-state index contributed by atoms with van der Waals surface area (Å²) in [6.45, 7) is 3.62. The Kier molecular flexibility index (Phi) is 3.67. The van der Waals surface area contributed by atoms with Crippen molar-refractivity contribution in [1.29, 1.82) is 0 Å². The van der Waals surface area contributed by atoms with Crippen LogP contribution in [0.1, 0.15) is 19.4 Å². The number of nitro benzene ring substituents is 1. The summed E-state index contributed by atoms with van der Waals surface area (Å²) in [5, 5.41) is 22.3. The van der Waals surface area contributed by atoms with Gasteiger partial charge in [-0.1, -0.05) is 26.0 Å². The van der Waals surface area contributed by atoms with Crippen molar-refractivity contribution in [3.05, 3.63) is 39.9 Å². The maximum Gasteiger partial charge on any atom is 0.307 e. The molecular formula is C14H16N2O5. The normalized spacial score (nSPS) is 22.4. The molecule has 0 unspecified atom stereocenters. The number of nitro groups is 1. The van der Waals surface area contributed by atoms with E-state index in [0.717, 1.165) is 0 Å². The van der Waals surface area contributed by atoms with Gasteiger partial charge in [0.2, 0.25) is 5.91 Å². The number of amides is 1. The van der Waals surface area contributed by atoms with Gasteiger partial charge >= 0.3 is 5.97 Å². The maximum absolute atomic E-state index is 12.0. The molecular weight excluding hydrogens is 276 g/mol. The number of aliphatic carboxylic acids is 1. The van der Waals surface area contributed by atoms with Crippen LogP contribution in [0.25, 0.3) is 0 Å². The Labute approximate surface area is 121 Å². The molecule has 21 heavy (non-hydrogen) atoms. The van der Waals surface area contributed by atoms with Crippen LogP contribution in [0.2, 0.25) is 0 Å². The summed E-state index contributed by atoms with van der Waals surface area (Å²) in [7, 11) is 0. The molecule has 0 spiro atoms. The average molecular weight is 292 g/mol. The Morgan fingerprint density at radius 1 is 1.38 bits per heavy atom. The number of carboxylic acid groups (broad SMARTS) is 1. The lowest BCUT2D eigenvalue weighted by Crippen LogP contribution is -2.26. The first kappa shape index (κ1) is 15.0. The molecule has 1 saturated carbocycles. The first-order valence-corrected chi connectivity index (χ1v) is 6.49. The second-order valence-electron chi connectivity index (χ2n) is 5.76. The number of carbonyl (C=O) groups excluding carboxylic acids is 1. The highest BCUT2D eigenvalue weighted by Gasteiger charge is 2.65. The highest BCUT2D eigenvalue weighted by atomic mass is 16.6. The van der Waals surface area contributed by atoms with Crippen molar-refractivity contribution in [3.8, 4) is 0 Å². The smallest absolute Gasteiger partial charge is 0.307 e. The molecule has 7 heteroatoms. The highest BCUT2D eigenvalue weighted by Crippen LogP contribution is 2.58. The van der Waals surface area contributed by atoms with Crippen molar-refractivity contribution in [2.45, 2.75) is 20.4 Å². The van der Waals surface area contributed by atoms with E-state index in [-0.39, 0.29) is 18.1 Å². The SMILES string of the molecule is CC1(C)[C@H](C(=O)O)[C@@H]1C(=O)NCc1cccc([N+](=O)[O-])c1. The summed E-state index contributed by atoms with van der Waals surface area (Å²) >= 11 is 0. The van der Waals surface area contributed by atoms with Crippen LogP contribution in [0.15, 0.2) is 24.3 Å². The quantitative estimate of drug-likeness (QED) is 0.632. The minimum Gasteiger partial charge on any atom is -0.481 e. The molecule has 0 bridgehead atoms. The molecule has 112 valence electrons. The van der Waals surface area contributed by atoms with Gasteiger partial charge in [-0.2, -0.15) is 0 Å². The summed E-state index contributed by atoms with van der Waals surface area (Å²) < 4.78 is 0. The zero-order valence-corrected chi connectivity index (χ0v) is 11.7. The molecule has 2 atom stereocenters. The molecule has 0 aromatic heterocycles. The summed E-state index contributed by atoms with van der Waals surface area (Å²) in [5.41, 5.74) is -0.00158. The number of carbonyl (C=O) groups is 2. The minimum absolute atomic E-state index is 0.0445. The second-order valence-corrected chi connectivity index (χ2v) is 5.76. The lowest BCUT2D eigenvalue weighted by atomic mass is 10.1. The molecule has 0 saturated heterocycles. The molecule has 1 aromatic rings. The predicted octanol–water partition coefficient (Wildman–Crippen LogP) is 1.57. The Hall–Kier alpha value is -2.44. The lowest BCUT2D eigenvalue weighted by molar-refractivity contribution is -0.384. The highest BCUT2D eigenvalue weighted by molar-refractivity contribution is 5.91. The van der Waals surface area contributed by atoms with Gasteiger partial charge in [-0.25, -0.2) is 0 Å². The summed E-state index contributed by atoms with van der Waals surface area (Å²) in [5.74, 6) is -2.55. The molecule has 2 rings (SSSR count). The predicted molar refractivity (Wildman–Crippen MR) is 73.3 cm³/mol. The number of nitrogens with one attached hydrogen (secondary N) is 1. The van der Waals surface area contributed by atoms with Crippen molar-refractivity contribution < 1.29 is 19.6 Å². The fourth-order valence-corrected chi connectivity index (χ4v) is 2.67. The Bertz CT molecular complexity index is 611. The van der Waals surface area contributed by atoms with Gasteiger partial charge in [-0.15, -0.1) is 0 Å². The van der Waals surface area contributed by atoms with Crippen LogP contribution in [-0.2, 0) is 16.1 Å². The van der Waals surface area contributed by atoms with E-state index in [1.54, 1.807) is 26.0 Å². The molecule has 0 heterocycles. The summed E-state index contributed by atoms with van der Waals surface area (Å²) in [4.78, 5) is 33.2. The fourth-order valence-electron chi connectivity index (χ4n) is 2.67. The number of hydrogen-bond donors (Lipinski definition) is 2. The van der Waals surface area contributed by atoms with E-state index < -0.39 is 28.1 Å². The molecule has 0 radical (unpaired) electrons. The van der Waals surface area contributed by atoms with Crippen LogP contribution in [0, 0.1) is 27.4 Å². The largest absolute Gasteiger partial charge is 0.481 e. The van der Waals surface area contributed by atoms with E-state index in [1.807, 2.05) is 0 Å². The summed E-state index contributed by atoms with van der Waals surface area (Å²) in [6.07, 6.45) is 0. The molecule has 1 amide bonds. The maximum atomic E-state index is 12.0. The number of nitrogens with zero attached hydrogens (tertiary/aromatic N) is 1. The van der Waals surface area contributed by atoms with Gasteiger partial charge in [0.25, 0.3) is 5.69 Å². The first-order chi connectivity index (χ1) is 9.75. The van der Waals surface area contributed by atoms with Gasteiger partial charge in [-0.3, -0.25) is 19.7 Å². The van der Waals surface area contributed by atoms with Crippen LogP contribution < -0.4 is 5.32 Å². The zero-order valence-electron chi connectivity index (χ0n) is 11.7. The van der Waals surface area contributed by atoms with Crippen LogP contribution >= 0.6 is 0 Å². The van der Waals surface area contributed by atoms with E-state index in [0.29, 0.717) is 5.56 Å². The van der Waals surface area contributed by atoms with E-state index in [9.17, 15) is 19.7 Å². The lowest BCUT2D eigenvalue weighted by Gasteiger charge is -2.06. The Morgan fingerprint density at radius 3 is 2.57 bits per heavy atom. The molecule has 1 aromatic carbocycles. The van der Waals surface area contributed by atoms with Gasteiger partial charge < -0.3 is 10.4 Å². The van der Waals surface area contributed by atoms with Crippen molar-refractivity contribution in [1.82, 2.24) is 5.32 Å². The number of benzene rings is 1. The minimum atomic E-state index is -0.976. The third-order valence-electron chi connectivity index (χ3n) is 3.96. The molecule has 1 fully saturated rings. The average Bonchev–Trinajstić information content (AvgIpc) is 2.99. The molecule has 7 nitrogen and oxygen atoms in total. The fraction of sp³-hybridized carbons (Fsp3) is 0.429. The van der Waals surface area contributed by atoms with Gasteiger partial charge in [-0.05, 0) is 11.0 Å². The van der Waals surface area contributed by atoms with Crippen LogP contribution in [-0.4, -0.2) is 21.9 Å². The third kappa shape index (κ3) is 2.86. The van der Waals surface area contributed by atoms with Crippen molar-refractivity contribution >= 4 is 17.6 Å².